The number of benzene rings is 2. The zero-order chi connectivity index (χ0) is 21.9. The fourth-order valence-corrected chi connectivity index (χ4v) is 3.02. The molecule has 2 aromatic carbocycles. The normalized spacial score (nSPS) is 11.3. The Morgan fingerprint density at radius 3 is 2.43 bits per heavy atom. The molecule has 0 heterocycles. The summed E-state index contributed by atoms with van der Waals surface area (Å²) in [6.07, 6.45) is 0. The lowest BCUT2D eigenvalue weighted by molar-refractivity contribution is -0.116. The van der Waals surface area contributed by atoms with Crippen molar-refractivity contribution in [3.8, 4) is 5.75 Å². The van der Waals surface area contributed by atoms with Crippen LogP contribution in [-0.4, -0.2) is 63.0 Å². The van der Waals surface area contributed by atoms with Crippen LogP contribution >= 0.6 is 0 Å². The fourth-order valence-electron chi connectivity index (χ4n) is 3.02. The van der Waals surface area contributed by atoms with Gasteiger partial charge >= 0.3 is 0 Å². The number of hydrogen-bond acceptors (Lipinski definition) is 4. The molecule has 0 radical (unpaired) electrons. The molecular weight excluding hydrogens is 378 g/mol. The fraction of sp³-hybridized carbons (Fsp3) is 0.391. The van der Waals surface area contributed by atoms with Gasteiger partial charge < -0.3 is 25.2 Å². The number of ether oxygens (including phenoxy) is 1. The number of carbonyl (C=O) groups is 1. The molecule has 0 spiro atoms. The van der Waals surface area contributed by atoms with E-state index < -0.39 is 0 Å². The highest BCUT2D eigenvalue weighted by Gasteiger charge is 2.08. The maximum atomic E-state index is 12.0. The van der Waals surface area contributed by atoms with Crippen LogP contribution in [0.5, 0.6) is 5.75 Å². The van der Waals surface area contributed by atoms with Crippen molar-refractivity contribution in [1.29, 1.82) is 0 Å². The Morgan fingerprint density at radius 1 is 1.07 bits per heavy atom. The number of nitrogens with zero attached hydrogens (tertiary/aromatic N) is 3. The lowest BCUT2D eigenvalue weighted by Gasteiger charge is -2.22. The van der Waals surface area contributed by atoms with Gasteiger partial charge in [-0.3, -0.25) is 9.79 Å². The number of anilines is 1. The third-order valence-electron chi connectivity index (χ3n) is 4.35. The molecule has 30 heavy (non-hydrogen) atoms. The first-order chi connectivity index (χ1) is 14.4. The van der Waals surface area contributed by atoms with Crippen LogP contribution in [0, 0.1) is 0 Å². The molecule has 0 saturated carbocycles. The quantitative estimate of drug-likeness (QED) is 0.491. The van der Waals surface area contributed by atoms with Crippen LogP contribution in [-0.2, 0) is 17.9 Å². The van der Waals surface area contributed by atoms with Crippen molar-refractivity contribution < 1.29 is 9.53 Å². The number of carbonyl (C=O) groups excluding carboxylic acids is 1. The first kappa shape index (κ1) is 23.2. The van der Waals surface area contributed by atoms with E-state index in [0.29, 0.717) is 19.7 Å². The number of nitrogens with one attached hydrogen (secondary N) is 2. The van der Waals surface area contributed by atoms with Crippen LogP contribution in [0.25, 0.3) is 0 Å². The average Bonchev–Trinajstić information content (AvgIpc) is 2.70. The Bertz CT molecular complexity index is 834. The molecule has 0 aliphatic rings. The van der Waals surface area contributed by atoms with Gasteiger partial charge in [0.25, 0.3) is 0 Å². The van der Waals surface area contributed by atoms with Gasteiger partial charge in [-0.15, -0.1) is 0 Å². The summed E-state index contributed by atoms with van der Waals surface area (Å²) in [6, 6.07) is 15.9. The van der Waals surface area contributed by atoms with Gasteiger partial charge in [0.2, 0.25) is 5.91 Å². The van der Waals surface area contributed by atoms with Crippen molar-refractivity contribution >= 4 is 17.6 Å². The minimum Gasteiger partial charge on any atom is -0.494 e. The predicted octanol–water partition coefficient (Wildman–Crippen LogP) is 2.79. The van der Waals surface area contributed by atoms with E-state index in [9.17, 15) is 4.79 Å². The van der Waals surface area contributed by atoms with E-state index in [1.54, 1.807) is 7.05 Å². The van der Waals surface area contributed by atoms with Gasteiger partial charge in [0, 0.05) is 32.9 Å². The van der Waals surface area contributed by atoms with Crippen molar-refractivity contribution in [3.05, 3.63) is 59.7 Å². The average molecular weight is 412 g/mol. The van der Waals surface area contributed by atoms with E-state index in [4.69, 9.17) is 4.74 Å². The topological polar surface area (TPSA) is 69.2 Å². The summed E-state index contributed by atoms with van der Waals surface area (Å²) in [5, 5.41) is 6.31. The Morgan fingerprint density at radius 2 is 1.80 bits per heavy atom. The molecule has 0 atom stereocenters. The summed E-state index contributed by atoms with van der Waals surface area (Å²) >= 11 is 0. The number of aliphatic imine (C=N–C) groups is 1. The number of amides is 1. The van der Waals surface area contributed by atoms with Crippen LogP contribution in [0.4, 0.5) is 5.69 Å². The molecule has 2 N–H and O–H groups in total. The SMILES string of the molecule is CCOc1ccc(CN(C)C(=NC)NCc2cccc(NC(=O)CN(C)C)c2)cc1. The molecule has 0 bridgehead atoms. The van der Waals surface area contributed by atoms with Crippen LogP contribution < -0.4 is 15.4 Å². The first-order valence-electron chi connectivity index (χ1n) is 10.1. The Kier molecular flexibility index (Phi) is 9.15. The molecule has 1 amide bonds. The van der Waals surface area contributed by atoms with Crippen LogP contribution in [0.15, 0.2) is 53.5 Å². The monoisotopic (exact) mass is 411 g/mol. The van der Waals surface area contributed by atoms with E-state index in [1.807, 2.05) is 69.4 Å². The van der Waals surface area contributed by atoms with E-state index in [0.717, 1.165) is 29.5 Å². The number of hydrogen-bond donors (Lipinski definition) is 2. The largest absolute Gasteiger partial charge is 0.494 e. The van der Waals surface area contributed by atoms with Gasteiger partial charge in [0.15, 0.2) is 5.96 Å². The van der Waals surface area contributed by atoms with Gasteiger partial charge in [-0.1, -0.05) is 24.3 Å². The third-order valence-corrected chi connectivity index (χ3v) is 4.35. The summed E-state index contributed by atoms with van der Waals surface area (Å²) in [7, 11) is 7.52. The molecule has 0 aliphatic heterocycles. The number of rotatable bonds is 9. The van der Waals surface area contributed by atoms with E-state index in [1.165, 1.54) is 5.56 Å². The van der Waals surface area contributed by atoms with Gasteiger partial charge in [0.1, 0.15) is 5.75 Å². The molecule has 0 saturated heterocycles. The lowest BCUT2D eigenvalue weighted by Crippen LogP contribution is -2.38. The van der Waals surface area contributed by atoms with Crippen LogP contribution in [0.2, 0.25) is 0 Å². The van der Waals surface area contributed by atoms with E-state index in [2.05, 4.69) is 32.7 Å². The summed E-state index contributed by atoms with van der Waals surface area (Å²) in [6.45, 7) is 4.33. The molecule has 2 aromatic rings. The van der Waals surface area contributed by atoms with Crippen LogP contribution in [0.1, 0.15) is 18.1 Å². The Balaban J connectivity index is 1.91. The second kappa shape index (κ2) is 11.8. The highest BCUT2D eigenvalue weighted by atomic mass is 16.5. The van der Waals surface area contributed by atoms with Crippen molar-refractivity contribution in [3.63, 3.8) is 0 Å². The first-order valence-corrected chi connectivity index (χ1v) is 10.1. The van der Waals surface area contributed by atoms with Crippen molar-refractivity contribution in [1.82, 2.24) is 15.1 Å². The summed E-state index contributed by atoms with van der Waals surface area (Å²) in [5.74, 6) is 1.64. The standard InChI is InChI=1S/C23H33N5O2/c1-6-30-21-12-10-18(11-13-21)16-28(5)23(24-2)25-15-19-8-7-9-20(14-19)26-22(29)17-27(3)4/h7-14H,6,15-17H2,1-5H3,(H,24,25)(H,26,29). The van der Waals surface area contributed by atoms with Gasteiger partial charge in [0.05, 0.1) is 13.2 Å². The predicted molar refractivity (Wildman–Crippen MR) is 123 cm³/mol. The van der Waals surface area contributed by atoms with Crippen molar-refractivity contribution in [2.24, 2.45) is 4.99 Å². The second-order valence-corrected chi connectivity index (χ2v) is 7.32. The van der Waals surface area contributed by atoms with Crippen molar-refractivity contribution in [2.75, 3.05) is 46.7 Å². The summed E-state index contributed by atoms with van der Waals surface area (Å²) in [4.78, 5) is 20.3. The highest BCUT2D eigenvalue weighted by molar-refractivity contribution is 5.92. The molecule has 0 aliphatic carbocycles. The summed E-state index contributed by atoms with van der Waals surface area (Å²) in [5.41, 5.74) is 3.03. The lowest BCUT2D eigenvalue weighted by atomic mass is 10.2. The number of likely N-dealkylation sites (N-methyl/N-ethyl adjacent to an activating group) is 1. The molecule has 7 heteroatoms. The molecule has 0 unspecified atom stereocenters. The minimum atomic E-state index is -0.0315. The molecule has 0 aromatic heterocycles. The molecule has 0 fully saturated rings. The molecule has 162 valence electrons. The molecule has 7 nitrogen and oxygen atoms in total. The highest BCUT2D eigenvalue weighted by Crippen LogP contribution is 2.14. The maximum Gasteiger partial charge on any atom is 0.238 e. The summed E-state index contributed by atoms with van der Waals surface area (Å²) < 4.78 is 5.50. The Labute approximate surface area is 179 Å². The van der Waals surface area contributed by atoms with Crippen LogP contribution in [0.3, 0.4) is 0 Å². The zero-order valence-electron chi connectivity index (χ0n) is 18.6. The van der Waals surface area contributed by atoms with E-state index >= 15 is 0 Å². The minimum absolute atomic E-state index is 0.0315. The second-order valence-electron chi connectivity index (χ2n) is 7.32. The Hall–Kier alpha value is -3.06. The smallest absolute Gasteiger partial charge is 0.238 e. The maximum absolute atomic E-state index is 12.0. The number of guanidine groups is 1. The van der Waals surface area contributed by atoms with Gasteiger partial charge in [-0.2, -0.15) is 0 Å². The van der Waals surface area contributed by atoms with E-state index in [-0.39, 0.29) is 5.91 Å². The zero-order valence-corrected chi connectivity index (χ0v) is 18.6. The molecule has 2 rings (SSSR count). The van der Waals surface area contributed by atoms with Gasteiger partial charge in [-0.25, -0.2) is 0 Å². The van der Waals surface area contributed by atoms with Crippen molar-refractivity contribution in [2.45, 2.75) is 20.0 Å². The van der Waals surface area contributed by atoms with Gasteiger partial charge in [-0.05, 0) is 56.4 Å². The third kappa shape index (κ3) is 7.75. The molecular formula is C23H33N5O2.